The summed E-state index contributed by atoms with van der Waals surface area (Å²) in [6.07, 6.45) is 0. The van der Waals surface area contributed by atoms with E-state index in [0.29, 0.717) is 11.1 Å². The van der Waals surface area contributed by atoms with Gasteiger partial charge in [-0.05, 0) is 43.5 Å². The average Bonchev–Trinajstić information content (AvgIpc) is 2.43. The minimum atomic E-state index is -0.135. The summed E-state index contributed by atoms with van der Waals surface area (Å²) in [5.41, 5.74) is 4.58. The molecule has 2 aromatic carbocycles. The van der Waals surface area contributed by atoms with Gasteiger partial charge in [-0.3, -0.25) is 0 Å². The third-order valence-electron chi connectivity index (χ3n) is 3.41. The number of benzene rings is 2. The largest absolute Gasteiger partial charge is 0.496 e. The number of hydrogen-bond donors (Lipinski definition) is 0. The maximum atomic E-state index is 13.7. The molecule has 0 bridgehead atoms. The Morgan fingerprint density at radius 1 is 1.05 bits per heavy atom. The Morgan fingerprint density at radius 3 is 2.20 bits per heavy atom. The van der Waals surface area contributed by atoms with Gasteiger partial charge in [0.25, 0.3) is 0 Å². The van der Waals surface area contributed by atoms with Crippen LogP contribution in [0.2, 0.25) is 0 Å². The second kappa shape index (κ2) is 5.96. The van der Waals surface area contributed by atoms with Gasteiger partial charge in [0, 0.05) is 5.56 Å². The molecular formula is C17H18BrFO. The van der Waals surface area contributed by atoms with E-state index < -0.39 is 0 Å². The van der Waals surface area contributed by atoms with Crippen molar-refractivity contribution in [3.05, 3.63) is 64.0 Å². The Hall–Kier alpha value is -1.35. The van der Waals surface area contributed by atoms with E-state index in [0.717, 1.165) is 16.9 Å². The van der Waals surface area contributed by atoms with E-state index >= 15 is 0 Å². The van der Waals surface area contributed by atoms with Crippen molar-refractivity contribution in [2.24, 2.45) is 0 Å². The summed E-state index contributed by atoms with van der Waals surface area (Å²) < 4.78 is 19.2. The summed E-state index contributed by atoms with van der Waals surface area (Å²) >= 11 is 3.71. The van der Waals surface area contributed by atoms with Crippen molar-refractivity contribution >= 4 is 15.9 Å². The van der Waals surface area contributed by atoms with Crippen LogP contribution in [0, 0.1) is 26.6 Å². The van der Waals surface area contributed by atoms with Crippen molar-refractivity contribution in [3.8, 4) is 5.75 Å². The molecule has 0 spiro atoms. The number of halogens is 2. The topological polar surface area (TPSA) is 9.23 Å². The molecule has 0 saturated heterocycles. The number of rotatable bonds is 3. The highest BCUT2D eigenvalue weighted by atomic mass is 79.9. The Morgan fingerprint density at radius 2 is 1.65 bits per heavy atom. The molecule has 3 heteroatoms. The summed E-state index contributed by atoms with van der Waals surface area (Å²) in [6, 6.07) is 9.82. The van der Waals surface area contributed by atoms with E-state index in [-0.39, 0.29) is 10.6 Å². The summed E-state index contributed by atoms with van der Waals surface area (Å²) in [5.74, 6) is 0.696. The molecule has 0 saturated carbocycles. The van der Waals surface area contributed by atoms with E-state index in [1.54, 1.807) is 21.0 Å². The van der Waals surface area contributed by atoms with E-state index in [9.17, 15) is 4.39 Å². The molecule has 106 valence electrons. The van der Waals surface area contributed by atoms with Crippen molar-refractivity contribution in [1.82, 2.24) is 0 Å². The molecule has 0 aliphatic rings. The fourth-order valence-corrected chi connectivity index (χ4v) is 2.98. The summed E-state index contributed by atoms with van der Waals surface area (Å²) in [5, 5.41) is 0. The highest BCUT2D eigenvalue weighted by Crippen LogP contribution is 2.38. The van der Waals surface area contributed by atoms with Gasteiger partial charge in [0.2, 0.25) is 0 Å². The highest BCUT2D eigenvalue weighted by Gasteiger charge is 2.17. The maximum Gasteiger partial charge on any atom is 0.129 e. The summed E-state index contributed by atoms with van der Waals surface area (Å²) in [4.78, 5) is -0.0182. The number of methoxy groups -OCH3 is 1. The molecule has 2 aromatic rings. The highest BCUT2D eigenvalue weighted by molar-refractivity contribution is 9.09. The van der Waals surface area contributed by atoms with Crippen LogP contribution in [0.3, 0.4) is 0 Å². The molecule has 0 aliphatic heterocycles. The standard InChI is InChI=1S/C17H18BrFO/c1-10-5-6-15(20-4)14(7-10)16(18)13-8-11(2)17(19)12(3)9-13/h5-9,16H,1-4H3. The molecule has 0 aliphatic carbocycles. The number of alkyl halides is 1. The fraction of sp³-hybridized carbons (Fsp3) is 0.294. The second-order valence-electron chi connectivity index (χ2n) is 5.08. The first-order valence-electron chi connectivity index (χ1n) is 6.49. The Kier molecular flexibility index (Phi) is 4.48. The lowest BCUT2D eigenvalue weighted by atomic mass is 9.98. The smallest absolute Gasteiger partial charge is 0.129 e. The molecule has 20 heavy (non-hydrogen) atoms. The lowest BCUT2D eigenvalue weighted by Crippen LogP contribution is -2.00. The Labute approximate surface area is 127 Å². The predicted molar refractivity (Wildman–Crippen MR) is 84.4 cm³/mol. The van der Waals surface area contributed by atoms with Gasteiger partial charge in [0.05, 0.1) is 11.9 Å². The van der Waals surface area contributed by atoms with Crippen LogP contribution >= 0.6 is 15.9 Å². The van der Waals surface area contributed by atoms with Crippen LogP contribution in [-0.4, -0.2) is 7.11 Å². The van der Waals surface area contributed by atoms with E-state index in [1.165, 1.54) is 5.56 Å². The first-order chi connectivity index (χ1) is 9.43. The van der Waals surface area contributed by atoms with Gasteiger partial charge in [0.15, 0.2) is 0 Å². The molecular weight excluding hydrogens is 319 g/mol. The molecule has 0 amide bonds. The van der Waals surface area contributed by atoms with E-state index in [2.05, 4.69) is 22.0 Å². The molecule has 1 atom stereocenters. The van der Waals surface area contributed by atoms with Crippen molar-refractivity contribution < 1.29 is 9.13 Å². The van der Waals surface area contributed by atoms with Crippen molar-refractivity contribution in [2.75, 3.05) is 7.11 Å². The van der Waals surface area contributed by atoms with Gasteiger partial charge in [-0.15, -0.1) is 0 Å². The van der Waals surface area contributed by atoms with Gasteiger partial charge in [-0.1, -0.05) is 45.8 Å². The second-order valence-corrected chi connectivity index (χ2v) is 5.99. The van der Waals surface area contributed by atoms with Crippen LogP contribution in [0.4, 0.5) is 4.39 Å². The zero-order valence-corrected chi connectivity index (χ0v) is 13.7. The quantitative estimate of drug-likeness (QED) is 0.696. The molecule has 1 nitrogen and oxygen atoms in total. The Bertz CT molecular complexity index is 614. The SMILES string of the molecule is COc1ccc(C)cc1C(Br)c1cc(C)c(F)c(C)c1. The molecule has 0 radical (unpaired) electrons. The van der Waals surface area contributed by atoms with Crippen LogP contribution in [0.5, 0.6) is 5.75 Å². The van der Waals surface area contributed by atoms with Crippen LogP contribution in [0.25, 0.3) is 0 Å². The van der Waals surface area contributed by atoms with E-state index in [1.807, 2.05) is 31.2 Å². The molecule has 0 fully saturated rings. The van der Waals surface area contributed by atoms with Crippen LogP contribution in [-0.2, 0) is 0 Å². The minimum absolute atomic E-state index is 0.0182. The first kappa shape index (κ1) is 15.0. The molecule has 1 unspecified atom stereocenters. The third-order valence-corrected chi connectivity index (χ3v) is 4.43. The first-order valence-corrected chi connectivity index (χ1v) is 7.41. The van der Waals surface area contributed by atoms with Crippen molar-refractivity contribution in [3.63, 3.8) is 0 Å². The molecule has 0 heterocycles. The summed E-state index contributed by atoms with van der Waals surface area (Å²) in [7, 11) is 1.66. The number of aryl methyl sites for hydroxylation is 3. The van der Waals surface area contributed by atoms with E-state index in [4.69, 9.17) is 4.74 Å². The molecule has 0 N–H and O–H groups in total. The zero-order chi connectivity index (χ0) is 14.9. The van der Waals surface area contributed by atoms with Gasteiger partial charge in [0.1, 0.15) is 11.6 Å². The lowest BCUT2D eigenvalue weighted by Gasteiger charge is -2.17. The molecule has 0 aromatic heterocycles. The lowest BCUT2D eigenvalue weighted by molar-refractivity contribution is 0.410. The minimum Gasteiger partial charge on any atom is -0.496 e. The molecule has 2 rings (SSSR count). The normalized spacial score (nSPS) is 12.3. The van der Waals surface area contributed by atoms with Gasteiger partial charge in [-0.2, -0.15) is 0 Å². The maximum absolute atomic E-state index is 13.7. The predicted octanol–water partition coefficient (Wildman–Crippen LogP) is 5.24. The number of ether oxygens (including phenoxy) is 1. The van der Waals surface area contributed by atoms with Gasteiger partial charge < -0.3 is 4.74 Å². The van der Waals surface area contributed by atoms with Crippen LogP contribution in [0.1, 0.15) is 32.6 Å². The van der Waals surface area contributed by atoms with Gasteiger partial charge >= 0.3 is 0 Å². The third kappa shape index (κ3) is 2.88. The average molecular weight is 337 g/mol. The Balaban J connectivity index is 2.51. The van der Waals surface area contributed by atoms with Crippen LogP contribution in [0.15, 0.2) is 30.3 Å². The fourth-order valence-electron chi connectivity index (χ4n) is 2.36. The van der Waals surface area contributed by atoms with Gasteiger partial charge in [-0.25, -0.2) is 4.39 Å². The monoisotopic (exact) mass is 336 g/mol. The van der Waals surface area contributed by atoms with Crippen molar-refractivity contribution in [1.29, 1.82) is 0 Å². The number of hydrogen-bond acceptors (Lipinski definition) is 1. The van der Waals surface area contributed by atoms with Crippen LogP contribution < -0.4 is 4.74 Å². The van der Waals surface area contributed by atoms with Crippen molar-refractivity contribution in [2.45, 2.75) is 25.6 Å². The summed E-state index contributed by atoms with van der Waals surface area (Å²) in [6.45, 7) is 5.63. The zero-order valence-electron chi connectivity index (χ0n) is 12.1.